The van der Waals surface area contributed by atoms with Crippen LogP contribution in [0.4, 0.5) is 10.5 Å². The molecule has 25 heavy (non-hydrogen) atoms. The Morgan fingerprint density at radius 3 is 2.96 bits per heavy atom. The highest BCUT2D eigenvalue weighted by atomic mass is 16.5. The van der Waals surface area contributed by atoms with E-state index in [1.165, 1.54) is 6.42 Å². The predicted octanol–water partition coefficient (Wildman–Crippen LogP) is 2.84. The molecule has 1 saturated heterocycles. The number of hydrogen-bond acceptors (Lipinski definition) is 4. The fraction of sp³-hybridized carbons (Fsp3) is 0.632. The number of carbonyl (C=O) groups excluding carboxylic acids is 1. The molecule has 1 heterocycles. The Morgan fingerprint density at radius 1 is 1.40 bits per heavy atom. The number of hydrogen-bond donors (Lipinski definition) is 2. The average Bonchev–Trinajstić information content (AvgIpc) is 2.61. The standard InChI is InChI=1S/C19H31N3O3/c1-15(22(2)3)12-20-19(23)21-17-8-6-7-16(11-17)13-24-14-18-9-4-5-10-25-18/h6-8,11,15,18H,4-5,9-10,12-14H2,1-3H3,(H2,20,21,23)/t15-,18-/m0/s1. The third kappa shape index (κ3) is 7.42. The lowest BCUT2D eigenvalue weighted by Crippen LogP contribution is -2.40. The molecule has 140 valence electrons. The van der Waals surface area contributed by atoms with Crippen molar-refractivity contribution in [2.24, 2.45) is 0 Å². The van der Waals surface area contributed by atoms with Gasteiger partial charge in [0.2, 0.25) is 0 Å². The summed E-state index contributed by atoms with van der Waals surface area (Å²) in [6.07, 6.45) is 3.67. The molecule has 1 aromatic rings. The Labute approximate surface area is 150 Å². The first kappa shape index (κ1) is 19.7. The summed E-state index contributed by atoms with van der Waals surface area (Å²) in [5.41, 5.74) is 1.81. The van der Waals surface area contributed by atoms with E-state index >= 15 is 0 Å². The monoisotopic (exact) mass is 349 g/mol. The Kier molecular flexibility index (Phi) is 8.18. The zero-order valence-corrected chi connectivity index (χ0v) is 15.6. The topological polar surface area (TPSA) is 62.8 Å². The van der Waals surface area contributed by atoms with Gasteiger partial charge in [0.1, 0.15) is 0 Å². The number of amides is 2. The van der Waals surface area contributed by atoms with Crippen LogP contribution in [0.1, 0.15) is 31.7 Å². The molecule has 0 aromatic heterocycles. The van der Waals surface area contributed by atoms with Crippen LogP contribution in [0.15, 0.2) is 24.3 Å². The van der Waals surface area contributed by atoms with E-state index < -0.39 is 0 Å². The lowest BCUT2D eigenvalue weighted by Gasteiger charge is -2.22. The molecule has 1 aliphatic rings. The van der Waals surface area contributed by atoms with Gasteiger partial charge in [-0.25, -0.2) is 4.79 Å². The Bertz CT molecular complexity index is 530. The molecular formula is C19H31N3O3. The molecule has 0 saturated carbocycles. The molecule has 6 heteroatoms. The number of likely N-dealkylation sites (N-methyl/N-ethyl adjacent to an activating group) is 1. The zero-order chi connectivity index (χ0) is 18.1. The Hall–Kier alpha value is -1.63. The maximum absolute atomic E-state index is 12.0. The van der Waals surface area contributed by atoms with E-state index in [0.717, 1.165) is 30.7 Å². The van der Waals surface area contributed by atoms with E-state index in [9.17, 15) is 4.79 Å². The van der Waals surface area contributed by atoms with Gasteiger partial charge in [-0.05, 0) is 58.0 Å². The summed E-state index contributed by atoms with van der Waals surface area (Å²) in [6.45, 7) is 4.65. The molecule has 2 atom stereocenters. The van der Waals surface area contributed by atoms with Gasteiger partial charge in [-0.15, -0.1) is 0 Å². The molecule has 2 rings (SSSR count). The minimum Gasteiger partial charge on any atom is -0.376 e. The molecule has 2 N–H and O–H groups in total. The van der Waals surface area contributed by atoms with Crippen LogP contribution in [0.5, 0.6) is 0 Å². The SMILES string of the molecule is C[C@@H](CNC(=O)Nc1cccc(COC[C@@H]2CCCCO2)c1)N(C)C. The number of nitrogens with one attached hydrogen (secondary N) is 2. The first-order chi connectivity index (χ1) is 12.0. The molecule has 2 amide bonds. The summed E-state index contributed by atoms with van der Waals surface area (Å²) in [5, 5.41) is 5.75. The highest BCUT2D eigenvalue weighted by Gasteiger charge is 2.13. The van der Waals surface area contributed by atoms with Crippen molar-refractivity contribution >= 4 is 11.7 Å². The van der Waals surface area contributed by atoms with Crippen molar-refractivity contribution in [1.29, 1.82) is 0 Å². The lowest BCUT2D eigenvalue weighted by atomic mass is 10.1. The summed E-state index contributed by atoms with van der Waals surface area (Å²) in [6, 6.07) is 7.83. The fourth-order valence-corrected chi connectivity index (χ4v) is 2.58. The van der Waals surface area contributed by atoms with Gasteiger partial charge in [0.25, 0.3) is 0 Å². The third-order valence-corrected chi connectivity index (χ3v) is 4.47. The summed E-state index contributed by atoms with van der Waals surface area (Å²) >= 11 is 0. The highest BCUT2D eigenvalue weighted by molar-refractivity contribution is 5.89. The van der Waals surface area contributed by atoms with E-state index in [1.807, 2.05) is 38.4 Å². The number of benzene rings is 1. The van der Waals surface area contributed by atoms with Gasteiger partial charge < -0.3 is 25.0 Å². The maximum atomic E-state index is 12.0. The largest absolute Gasteiger partial charge is 0.376 e. The van der Waals surface area contributed by atoms with E-state index in [4.69, 9.17) is 9.47 Å². The van der Waals surface area contributed by atoms with Crippen LogP contribution < -0.4 is 10.6 Å². The first-order valence-corrected chi connectivity index (χ1v) is 9.04. The highest BCUT2D eigenvalue weighted by Crippen LogP contribution is 2.15. The Morgan fingerprint density at radius 2 is 2.24 bits per heavy atom. The second-order valence-corrected chi connectivity index (χ2v) is 6.85. The smallest absolute Gasteiger partial charge is 0.319 e. The normalized spacial score (nSPS) is 18.8. The number of ether oxygens (including phenoxy) is 2. The molecular weight excluding hydrogens is 318 g/mol. The van der Waals surface area contributed by atoms with Gasteiger partial charge in [0.15, 0.2) is 0 Å². The molecule has 1 aromatic carbocycles. The predicted molar refractivity (Wildman–Crippen MR) is 99.9 cm³/mol. The van der Waals surface area contributed by atoms with Crippen molar-refractivity contribution in [3.05, 3.63) is 29.8 Å². The third-order valence-electron chi connectivity index (χ3n) is 4.47. The summed E-state index contributed by atoms with van der Waals surface area (Å²) in [7, 11) is 3.98. The molecule has 0 bridgehead atoms. The summed E-state index contributed by atoms with van der Waals surface area (Å²) in [4.78, 5) is 14.0. The van der Waals surface area contributed by atoms with E-state index in [0.29, 0.717) is 19.8 Å². The fourth-order valence-electron chi connectivity index (χ4n) is 2.58. The molecule has 0 unspecified atom stereocenters. The number of anilines is 1. The van der Waals surface area contributed by atoms with Crippen LogP contribution >= 0.6 is 0 Å². The number of rotatable bonds is 8. The zero-order valence-electron chi connectivity index (χ0n) is 15.6. The van der Waals surface area contributed by atoms with Gasteiger partial charge in [0, 0.05) is 24.9 Å². The van der Waals surface area contributed by atoms with Crippen LogP contribution in [0.2, 0.25) is 0 Å². The second-order valence-electron chi connectivity index (χ2n) is 6.85. The molecule has 1 fully saturated rings. The number of carbonyl (C=O) groups is 1. The van der Waals surface area contributed by atoms with Gasteiger partial charge >= 0.3 is 6.03 Å². The van der Waals surface area contributed by atoms with Gasteiger partial charge in [-0.1, -0.05) is 12.1 Å². The van der Waals surface area contributed by atoms with Crippen LogP contribution in [0, 0.1) is 0 Å². The van der Waals surface area contributed by atoms with Crippen LogP contribution in [0.3, 0.4) is 0 Å². The first-order valence-electron chi connectivity index (χ1n) is 9.04. The number of urea groups is 1. The van der Waals surface area contributed by atoms with E-state index in [2.05, 4.69) is 22.5 Å². The summed E-state index contributed by atoms with van der Waals surface area (Å²) in [5.74, 6) is 0. The molecule has 6 nitrogen and oxygen atoms in total. The molecule has 0 spiro atoms. The van der Waals surface area contributed by atoms with Crippen LogP contribution in [-0.4, -0.2) is 56.9 Å². The lowest BCUT2D eigenvalue weighted by molar-refractivity contribution is -0.0447. The number of nitrogens with zero attached hydrogens (tertiary/aromatic N) is 1. The van der Waals surface area contributed by atoms with Gasteiger partial charge in [-0.2, -0.15) is 0 Å². The van der Waals surface area contributed by atoms with Crippen molar-refractivity contribution in [3.8, 4) is 0 Å². The van der Waals surface area contributed by atoms with E-state index in [1.54, 1.807) is 0 Å². The van der Waals surface area contributed by atoms with Crippen molar-refractivity contribution in [3.63, 3.8) is 0 Å². The van der Waals surface area contributed by atoms with Crippen molar-refractivity contribution in [2.45, 2.75) is 44.9 Å². The summed E-state index contributed by atoms with van der Waals surface area (Å²) < 4.78 is 11.4. The van der Waals surface area contributed by atoms with Crippen LogP contribution in [0.25, 0.3) is 0 Å². The minimum atomic E-state index is -0.192. The molecule has 1 aliphatic heterocycles. The minimum absolute atomic E-state index is 0.192. The Balaban J connectivity index is 1.73. The van der Waals surface area contributed by atoms with Crippen molar-refractivity contribution < 1.29 is 14.3 Å². The molecule has 0 radical (unpaired) electrons. The maximum Gasteiger partial charge on any atom is 0.319 e. The molecule has 0 aliphatic carbocycles. The van der Waals surface area contributed by atoms with E-state index in [-0.39, 0.29) is 18.2 Å². The van der Waals surface area contributed by atoms with Gasteiger partial charge in [-0.3, -0.25) is 0 Å². The van der Waals surface area contributed by atoms with Crippen LogP contribution in [-0.2, 0) is 16.1 Å². The van der Waals surface area contributed by atoms with Crippen molar-refractivity contribution in [2.75, 3.05) is 39.2 Å². The second kappa shape index (κ2) is 10.4. The average molecular weight is 349 g/mol. The quantitative estimate of drug-likeness (QED) is 0.757. The van der Waals surface area contributed by atoms with Crippen molar-refractivity contribution in [1.82, 2.24) is 10.2 Å². The van der Waals surface area contributed by atoms with Gasteiger partial charge in [0.05, 0.1) is 19.3 Å².